The molecule has 0 spiro atoms. The highest BCUT2D eigenvalue weighted by Gasteiger charge is 2.53. The molecule has 78 heavy (non-hydrogen) atoms. The normalized spacial score (nSPS) is 37.3. The van der Waals surface area contributed by atoms with Gasteiger partial charge >= 0.3 is 5.97 Å². The molecule has 15 atom stereocenters. The molecule has 1 N–H and O–H groups in total. The van der Waals surface area contributed by atoms with Gasteiger partial charge in [-0.05, 0) is 120 Å². The van der Waals surface area contributed by atoms with Crippen molar-refractivity contribution < 1.29 is 76.1 Å². The Kier molecular flexibility index (Phi) is 26.3. The van der Waals surface area contributed by atoms with Gasteiger partial charge in [0.25, 0.3) is 11.7 Å². The number of ketones is 3. The topological polar surface area (TPSA) is 209 Å². The van der Waals surface area contributed by atoms with Gasteiger partial charge in [-0.2, -0.15) is 0 Å². The number of hydrogen-bond acceptors (Lipinski definition) is 16. The Balaban J connectivity index is 1.47. The maximum Gasteiger partial charge on any atom is 0.329 e. The molecule has 3 saturated heterocycles. The van der Waals surface area contributed by atoms with Crippen LogP contribution >= 0.6 is 7.37 Å². The second-order valence-corrected chi connectivity index (χ2v) is 26.2. The molecule has 4 heterocycles. The third-order valence-corrected chi connectivity index (χ3v) is 17.5. The van der Waals surface area contributed by atoms with Gasteiger partial charge in [0.15, 0.2) is 13.2 Å². The molecule has 2 bridgehead atoms. The van der Waals surface area contributed by atoms with E-state index in [0.29, 0.717) is 76.8 Å². The van der Waals surface area contributed by atoms with Gasteiger partial charge < -0.3 is 52.4 Å². The second-order valence-electron chi connectivity index (χ2n) is 23.4. The van der Waals surface area contributed by atoms with Gasteiger partial charge in [0.05, 0.1) is 43.7 Å². The van der Waals surface area contributed by atoms with E-state index >= 15 is 0 Å². The van der Waals surface area contributed by atoms with E-state index in [1.54, 1.807) is 40.4 Å². The minimum absolute atomic E-state index is 0.0292. The Bertz CT molecular complexity index is 2150. The van der Waals surface area contributed by atoms with Crippen molar-refractivity contribution in [3.05, 3.63) is 47.6 Å². The lowest BCUT2D eigenvalue weighted by Gasteiger charge is -2.43. The summed E-state index contributed by atoms with van der Waals surface area (Å²) in [6, 6.07) is -1.16. The lowest BCUT2D eigenvalue weighted by molar-refractivity contribution is -0.266. The van der Waals surface area contributed by atoms with Crippen molar-refractivity contribution in [2.45, 2.75) is 199 Å². The van der Waals surface area contributed by atoms with E-state index in [2.05, 4.69) is 0 Å². The quantitative estimate of drug-likeness (QED) is 0.0600. The van der Waals surface area contributed by atoms with Crippen LogP contribution in [0.25, 0.3) is 0 Å². The molecule has 5 aliphatic rings. The van der Waals surface area contributed by atoms with Crippen molar-refractivity contribution in [1.82, 2.24) is 4.90 Å². The first kappa shape index (κ1) is 65.6. The number of esters is 1. The van der Waals surface area contributed by atoms with Crippen molar-refractivity contribution in [3.8, 4) is 0 Å². The predicted octanol–water partition coefficient (Wildman–Crippen LogP) is 8.96. The smallest absolute Gasteiger partial charge is 0.329 e. The standard InChI is InChI=1S/C60H96NO16P/c1-38-18-14-13-15-19-39(2)51(74-31-30-73-46-25-28-72-29-26-46)36-47-23-21-44(7)60(67,76-47)57(64)58(65)61-27-17-16-20-48(61)59(66)75-52(41(4)34-45-22-24-50(53(35-45)69-8)77-78(11,12)68)37-49(62)40(3)33-43(6)55(70-9)56(71-10)54(63)42(5)32-38/h13-15,18-19,33,38,40-42,44-48,50-53,55-56,67H,16-17,20-32,34-37H2,1-12H3/b15-13+,18-14+,39-19+,43-33+/t38-,40-,41-,42-,44-,45+,47+,48+,50-,51+,52+,53-,55-,56+,60-/m1/s1. The number of allylic oxidation sites excluding steroid dienone is 6. The largest absolute Gasteiger partial charge is 0.460 e. The van der Waals surface area contributed by atoms with Gasteiger partial charge in [-0.1, -0.05) is 71.1 Å². The maximum atomic E-state index is 14.7. The number of cyclic esters (lactones) is 1. The van der Waals surface area contributed by atoms with Crippen LogP contribution in [0.2, 0.25) is 0 Å². The van der Waals surface area contributed by atoms with E-state index < -0.39 is 79.2 Å². The van der Waals surface area contributed by atoms with E-state index in [1.165, 1.54) is 19.1 Å². The van der Waals surface area contributed by atoms with Crippen molar-refractivity contribution in [2.75, 3.05) is 67.6 Å². The van der Waals surface area contributed by atoms with Gasteiger partial charge in [-0.25, -0.2) is 4.79 Å². The van der Waals surface area contributed by atoms with Gasteiger partial charge in [0.2, 0.25) is 5.79 Å². The fourth-order valence-corrected chi connectivity index (χ4v) is 12.9. The zero-order chi connectivity index (χ0) is 57.3. The lowest BCUT2D eigenvalue weighted by Crippen LogP contribution is -2.61. The predicted molar refractivity (Wildman–Crippen MR) is 297 cm³/mol. The number of carbonyl (C=O) groups excluding carboxylic acids is 5. The number of aliphatic hydroxyl groups is 1. The summed E-state index contributed by atoms with van der Waals surface area (Å²) in [4.78, 5) is 73.6. The fraction of sp³-hybridized carbons (Fsp3) is 0.783. The van der Waals surface area contributed by atoms with Crippen LogP contribution in [0.3, 0.4) is 0 Å². The van der Waals surface area contributed by atoms with Crippen LogP contribution in [0.15, 0.2) is 47.6 Å². The Labute approximate surface area is 465 Å². The molecule has 0 unspecified atom stereocenters. The number of amides is 1. The number of ether oxygens (including phenoxy) is 8. The first-order chi connectivity index (χ1) is 37.0. The number of carbonyl (C=O) groups is 5. The van der Waals surface area contributed by atoms with E-state index in [4.69, 9.17) is 42.4 Å². The van der Waals surface area contributed by atoms with E-state index in [1.807, 2.05) is 65.0 Å². The highest BCUT2D eigenvalue weighted by atomic mass is 31.2. The van der Waals surface area contributed by atoms with Crippen LogP contribution in [0, 0.1) is 35.5 Å². The maximum absolute atomic E-state index is 14.7. The molecule has 4 fully saturated rings. The van der Waals surface area contributed by atoms with Crippen LogP contribution in [0.1, 0.15) is 138 Å². The Morgan fingerprint density at radius 2 is 1.50 bits per heavy atom. The summed E-state index contributed by atoms with van der Waals surface area (Å²) in [6.07, 6.45) is 14.1. The molecular formula is C60H96NO16P. The number of methoxy groups -OCH3 is 3. The summed E-state index contributed by atoms with van der Waals surface area (Å²) in [5.41, 5.74) is 1.51. The molecule has 18 heteroatoms. The number of piperidine rings is 1. The number of rotatable bonds is 13. The minimum atomic E-state index is -2.80. The summed E-state index contributed by atoms with van der Waals surface area (Å²) in [6.45, 7) is 18.3. The molecular weight excluding hydrogens is 1020 g/mol. The van der Waals surface area contributed by atoms with Crippen molar-refractivity contribution >= 4 is 36.6 Å². The summed E-state index contributed by atoms with van der Waals surface area (Å²) >= 11 is 0. The molecule has 442 valence electrons. The highest BCUT2D eigenvalue weighted by Crippen LogP contribution is 2.45. The van der Waals surface area contributed by atoms with Crippen LogP contribution in [0.4, 0.5) is 0 Å². The molecule has 0 aromatic heterocycles. The zero-order valence-electron chi connectivity index (χ0n) is 49.0. The molecule has 0 aromatic carbocycles. The summed E-state index contributed by atoms with van der Waals surface area (Å²) in [5, 5.41) is 12.3. The first-order valence-electron chi connectivity index (χ1n) is 28.8. The van der Waals surface area contributed by atoms with Crippen molar-refractivity contribution in [2.24, 2.45) is 35.5 Å². The van der Waals surface area contributed by atoms with Crippen molar-refractivity contribution in [1.29, 1.82) is 0 Å². The van der Waals surface area contributed by atoms with Gasteiger partial charge in [0, 0.05) is 85.0 Å². The molecule has 0 radical (unpaired) electrons. The Morgan fingerprint density at radius 3 is 2.18 bits per heavy atom. The third kappa shape index (κ3) is 18.9. The number of Topliss-reactive ketones (excluding diaryl/α,β-unsaturated/α-hetero) is 3. The Morgan fingerprint density at radius 1 is 0.795 bits per heavy atom. The van der Waals surface area contributed by atoms with Gasteiger partial charge in [0.1, 0.15) is 30.1 Å². The number of fused-ring (bicyclic) bond motifs is 3. The van der Waals surface area contributed by atoms with Crippen LogP contribution in [-0.2, 0) is 71.0 Å². The van der Waals surface area contributed by atoms with E-state index in [0.717, 1.165) is 24.8 Å². The van der Waals surface area contributed by atoms with Crippen molar-refractivity contribution in [3.63, 3.8) is 0 Å². The molecule has 5 rings (SSSR count). The molecule has 1 saturated carbocycles. The average molecular weight is 1120 g/mol. The Hall–Kier alpha value is -3.22. The SMILES string of the molecule is CO[C@@H]1/C(C)=C/[C@@H](C)C(=O)C[C@@H]([C@H](C)C[C@@H]2CC[C@@H](OP(C)(C)=O)[C@H](OC)C2)OC(=O)[C@@H]2CCCCN2C(=O)C(=O)[C@]2(O)O[C@@H](CC[C@H]2C)C[C@H](OCCOC2CCOCC2)/C(C)=C/C=C/C=C/[C@@H](C)C[C@@H](C)C(=O)[C@@H]1OC. The molecule has 0 aromatic rings. The third-order valence-electron chi connectivity index (χ3n) is 16.7. The van der Waals surface area contributed by atoms with E-state index in [9.17, 15) is 33.6 Å². The summed E-state index contributed by atoms with van der Waals surface area (Å²) in [5.74, 6) is -7.78. The molecule has 1 aliphatic carbocycles. The molecule has 17 nitrogen and oxygen atoms in total. The number of hydrogen-bond donors (Lipinski definition) is 1. The second kappa shape index (κ2) is 31.3. The monoisotopic (exact) mass is 1120 g/mol. The zero-order valence-corrected chi connectivity index (χ0v) is 49.9. The van der Waals surface area contributed by atoms with Crippen LogP contribution in [0.5, 0.6) is 0 Å². The number of nitrogens with zero attached hydrogens (tertiary/aromatic N) is 1. The van der Waals surface area contributed by atoms with Gasteiger partial charge in [-0.15, -0.1) is 0 Å². The fourth-order valence-electron chi connectivity index (χ4n) is 12.0. The first-order valence-corrected chi connectivity index (χ1v) is 31.4. The van der Waals surface area contributed by atoms with Crippen LogP contribution in [-0.4, -0.2) is 168 Å². The molecule has 4 aliphatic heterocycles. The molecule has 1 amide bonds. The summed E-state index contributed by atoms with van der Waals surface area (Å²) in [7, 11) is 1.80. The highest BCUT2D eigenvalue weighted by molar-refractivity contribution is 7.57. The van der Waals surface area contributed by atoms with E-state index in [-0.39, 0.29) is 86.0 Å². The van der Waals surface area contributed by atoms with Crippen LogP contribution < -0.4 is 0 Å². The van der Waals surface area contributed by atoms with Gasteiger partial charge in [-0.3, -0.25) is 23.7 Å². The average Bonchev–Trinajstić information content (AvgIpc) is 3.45. The lowest BCUT2D eigenvalue weighted by atomic mass is 9.78. The summed E-state index contributed by atoms with van der Waals surface area (Å²) < 4.78 is 67.1. The minimum Gasteiger partial charge on any atom is -0.460 e.